The predicted octanol–water partition coefficient (Wildman–Crippen LogP) is 13.9. The van der Waals surface area contributed by atoms with Gasteiger partial charge < -0.3 is 0 Å². The summed E-state index contributed by atoms with van der Waals surface area (Å²) in [6.07, 6.45) is 51.1. The molecule has 0 spiro atoms. The summed E-state index contributed by atoms with van der Waals surface area (Å²) in [6, 6.07) is 2.84. The largest absolute Gasteiger partial charge is 0.294 e. The molecule has 0 aromatic rings. The number of nitrogens with zero attached hydrogens (tertiary/aromatic N) is 1. The third kappa shape index (κ3) is 6.29. The fourth-order valence-corrected chi connectivity index (χ4v) is 19.8. The van der Waals surface area contributed by atoms with Gasteiger partial charge in [-0.05, 0) is 197 Å². The normalized spacial score (nSPS) is 53.7. The quantitative estimate of drug-likeness (QED) is 0.275. The van der Waals surface area contributed by atoms with Gasteiger partial charge >= 0.3 is 0 Å². The Morgan fingerprint density at radius 1 is 0.231 bits per heavy atom. The van der Waals surface area contributed by atoms with Crippen LogP contribution in [0.25, 0.3) is 0 Å². The number of hydrogen-bond acceptors (Lipinski definition) is 1. The predicted molar refractivity (Wildman–Crippen MR) is 217 cm³/mol. The molecule has 0 aliphatic heterocycles. The third-order valence-electron chi connectivity index (χ3n) is 21.5. The number of hydrogen-bond donors (Lipinski definition) is 0. The van der Waals surface area contributed by atoms with Gasteiger partial charge in [0.25, 0.3) is 0 Å². The zero-order valence-electron chi connectivity index (χ0n) is 34.0. The van der Waals surface area contributed by atoms with Crippen molar-refractivity contribution in [1.82, 2.24) is 4.90 Å². The first kappa shape index (κ1) is 35.1. The Morgan fingerprint density at radius 3 is 1.50 bits per heavy atom. The van der Waals surface area contributed by atoms with E-state index in [1.54, 1.807) is 199 Å². The van der Waals surface area contributed by atoms with Crippen LogP contribution in [0.4, 0.5) is 0 Å². The molecule has 11 saturated carbocycles. The fraction of sp³-hybridized carbons (Fsp3) is 1.00. The maximum absolute atomic E-state index is 3.52. The first-order chi connectivity index (χ1) is 25.8. The lowest BCUT2D eigenvalue weighted by Gasteiger charge is -2.54. The van der Waals surface area contributed by atoms with Gasteiger partial charge in [-0.25, -0.2) is 0 Å². The minimum absolute atomic E-state index is 0.938. The lowest BCUT2D eigenvalue weighted by Crippen LogP contribution is -2.57. The highest BCUT2D eigenvalue weighted by atomic mass is 15.2. The van der Waals surface area contributed by atoms with Crippen LogP contribution < -0.4 is 0 Å². The minimum atomic E-state index is 0.938. The molecular weight excluding hydrogens is 627 g/mol. The summed E-state index contributed by atoms with van der Waals surface area (Å²) in [5.41, 5.74) is 0. The Hall–Kier alpha value is -0.0400. The van der Waals surface area contributed by atoms with E-state index in [-0.39, 0.29) is 0 Å². The van der Waals surface area contributed by atoms with E-state index in [1.807, 2.05) is 0 Å². The molecule has 0 aromatic carbocycles. The van der Waals surface area contributed by atoms with E-state index in [0.717, 1.165) is 113 Å². The summed E-state index contributed by atoms with van der Waals surface area (Å²) < 4.78 is 0. The molecule has 0 amide bonds. The lowest BCUT2D eigenvalue weighted by atomic mass is 9.53. The fourth-order valence-electron chi connectivity index (χ4n) is 19.8. The van der Waals surface area contributed by atoms with Crippen molar-refractivity contribution in [2.45, 2.75) is 224 Å². The van der Waals surface area contributed by atoms with Crippen molar-refractivity contribution in [3.05, 3.63) is 0 Å². The molecule has 15 unspecified atom stereocenters. The summed E-state index contributed by atoms with van der Waals surface area (Å²) in [7, 11) is 0. The summed E-state index contributed by atoms with van der Waals surface area (Å²) in [5, 5.41) is 0. The molecule has 0 aromatic heterocycles. The van der Waals surface area contributed by atoms with E-state index in [1.165, 1.54) is 6.42 Å². The molecule has 52 heavy (non-hydrogen) atoms. The molecule has 1 heteroatoms. The first-order valence-electron chi connectivity index (χ1n) is 25.5. The van der Waals surface area contributed by atoms with Crippen molar-refractivity contribution >= 4 is 0 Å². The van der Waals surface area contributed by atoms with Crippen LogP contribution in [0.3, 0.4) is 0 Å². The summed E-state index contributed by atoms with van der Waals surface area (Å²) in [5.74, 6) is 17.8. The van der Waals surface area contributed by atoms with Crippen molar-refractivity contribution in [1.29, 1.82) is 0 Å². The average molecular weight is 710 g/mol. The van der Waals surface area contributed by atoms with E-state index in [0.29, 0.717) is 0 Å². The van der Waals surface area contributed by atoms with Crippen LogP contribution in [-0.2, 0) is 0 Å². The van der Waals surface area contributed by atoms with Crippen LogP contribution in [0.1, 0.15) is 205 Å². The Morgan fingerprint density at radius 2 is 0.731 bits per heavy atom. The van der Waals surface area contributed by atoms with Gasteiger partial charge in [-0.3, -0.25) is 4.90 Å². The minimum Gasteiger partial charge on any atom is -0.294 e. The van der Waals surface area contributed by atoms with Crippen LogP contribution in [-0.4, -0.2) is 23.0 Å². The SMILES string of the molecule is C1CCC(C2CCC(N(C3CCC4C(CC5CCCCC54)C3)C3CCCC4C3CC3CC5CCCCC5C(C5CC6CCCCC6C5)C34)CC2)CC1. The van der Waals surface area contributed by atoms with E-state index < -0.39 is 0 Å². The Kier molecular flexibility index (Phi) is 10.2. The number of fused-ring (bicyclic) bond motifs is 8. The molecule has 0 saturated heterocycles. The maximum Gasteiger partial charge on any atom is 0.0132 e. The molecule has 0 radical (unpaired) electrons. The number of rotatable bonds is 5. The Labute approximate surface area is 322 Å². The van der Waals surface area contributed by atoms with Crippen LogP contribution in [0.15, 0.2) is 0 Å². The second-order valence-corrected chi connectivity index (χ2v) is 23.2. The lowest BCUT2D eigenvalue weighted by molar-refractivity contribution is -0.0548. The monoisotopic (exact) mass is 710 g/mol. The molecule has 11 aliphatic rings. The molecule has 11 fully saturated rings. The Bertz CT molecular complexity index is 1180. The van der Waals surface area contributed by atoms with E-state index in [9.17, 15) is 0 Å². The van der Waals surface area contributed by atoms with Gasteiger partial charge in [0, 0.05) is 18.1 Å². The second-order valence-electron chi connectivity index (χ2n) is 23.2. The van der Waals surface area contributed by atoms with Crippen LogP contribution in [0, 0.1) is 94.7 Å². The molecular formula is C51H83N. The first-order valence-corrected chi connectivity index (χ1v) is 25.5. The van der Waals surface area contributed by atoms with Gasteiger partial charge in [0.15, 0.2) is 0 Å². The van der Waals surface area contributed by atoms with Crippen molar-refractivity contribution < 1.29 is 0 Å². The van der Waals surface area contributed by atoms with Crippen molar-refractivity contribution in [2.24, 2.45) is 94.7 Å². The molecule has 0 bridgehead atoms. The highest BCUT2D eigenvalue weighted by Gasteiger charge is 2.60. The van der Waals surface area contributed by atoms with Gasteiger partial charge in [0.2, 0.25) is 0 Å². The maximum atomic E-state index is 3.52. The third-order valence-corrected chi connectivity index (χ3v) is 21.5. The van der Waals surface area contributed by atoms with Gasteiger partial charge in [0.05, 0.1) is 0 Å². The van der Waals surface area contributed by atoms with Gasteiger partial charge in [-0.15, -0.1) is 0 Å². The standard InChI is InChI=1S/C51H83N/c1-2-11-33(12-3-1)34-21-23-42(24-22-34)52(43-25-26-45-39(31-43)29-37-15-6-8-17-44(37)45)49-20-10-19-47-48(49)32-41-30-38-16-7-9-18-46(38)50(51(41)47)40-27-35-13-4-5-14-36(35)28-40/h33-51H,1-32H2. The summed E-state index contributed by atoms with van der Waals surface area (Å²) >= 11 is 0. The topological polar surface area (TPSA) is 3.24 Å². The molecule has 1 nitrogen and oxygen atoms in total. The molecule has 0 N–H and O–H groups in total. The summed E-state index contributed by atoms with van der Waals surface area (Å²) in [4.78, 5) is 3.52. The smallest absolute Gasteiger partial charge is 0.0132 e. The zero-order chi connectivity index (χ0) is 34.2. The second kappa shape index (κ2) is 15.0. The van der Waals surface area contributed by atoms with Gasteiger partial charge in [-0.1, -0.05) is 103 Å². The molecule has 11 rings (SSSR count). The van der Waals surface area contributed by atoms with Crippen LogP contribution in [0.2, 0.25) is 0 Å². The summed E-state index contributed by atoms with van der Waals surface area (Å²) in [6.45, 7) is 0. The van der Waals surface area contributed by atoms with E-state index in [2.05, 4.69) is 4.90 Å². The average Bonchev–Trinajstić information content (AvgIpc) is 3.91. The van der Waals surface area contributed by atoms with E-state index >= 15 is 0 Å². The van der Waals surface area contributed by atoms with Crippen molar-refractivity contribution in [2.75, 3.05) is 0 Å². The highest BCUT2D eigenvalue weighted by molar-refractivity contribution is 5.10. The van der Waals surface area contributed by atoms with Crippen molar-refractivity contribution in [3.8, 4) is 0 Å². The molecule has 11 aliphatic carbocycles. The van der Waals surface area contributed by atoms with Gasteiger partial charge in [-0.2, -0.15) is 0 Å². The van der Waals surface area contributed by atoms with Crippen LogP contribution in [0.5, 0.6) is 0 Å². The molecule has 292 valence electrons. The van der Waals surface area contributed by atoms with Gasteiger partial charge in [0.1, 0.15) is 0 Å². The van der Waals surface area contributed by atoms with E-state index in [4.69, 9.17) is 0 Å². The Balaban J connectivity index is 0.876. The van der Waals surface area contributed by atoms with Crippen LogP contribution >= 0.6 is 0 Å². The molecule has 0 heterocycles. The van der Waals surface area contributed by atoms with Crippen molar-refractivity contribution in [3.63, 3.8) is 0 Å². The molecule has 15 atom stereocenters. The highest BCUT2D eigenvalue weighted by Crippen LogP contribution is 2.66. The zero-order valence-corrected chi connectivity index (χ0v) is 34.0.